The monoisotopic (exact) mass is 316 g/mol. The van der Waals surface area contributed by atoms with E-state index in [0.717, 1.165) is 27.5 Å². The molecule has 0 saturated carbocycles. The number of nitrogens with zero attached hydrogens (tertiary/aromatic N) is 2. The molecular weight excluding hydrogens is 300 g/mol. The summed E-state index contributed by atoms with van der Waals surface area (Å²) in [5.41, 5.74) is 3.21. The molecule has 0 spiro atoms. The number of hydrogen-bond acceptors (Lipinski definition) is 4. The summed E-state index contributed by atoms with van der Waals surface area (Å²) in [6.07, 6.45) is 0. The topological polar surface area (TPSA) is 44.2 Å². The summed E-state index contributed by atoms with van der Waals surface area (Å²) >= 11 is 0. The van der Waals surface area contributed by atoms with E-state index in [4.69, 9.17) is 19.4 Å². The Morgan fingerprint density at radius 1 is 0.667 bits per heavy atom. The summed E-state index contributed by atoms with van der Waals surface area (Å²) in [7, 11) is 3.26. The second-order valence-electron chi connectivity index (χ2n) is 5.43. The third kappa shape index (κ3) is 2.24. The van der Waals surface area contributed by atoms with Gasteiger partial charge in [0, 0.05) is 10.8 Å². The lowest BCUT2D eigenvalue weighted by molar-refractivity contribution is 0.358. The molecule has 0 aliphatic carbocycles. The second-order valence-corrected chi connectivity index (χ2v) is 5.43. The smallest absolute Gasteiger partial charge is 0.189 e. The Morgan fingerprint density at radius 2 is 1.38 bits per heavy atom. The van der Waals surface area contributed by atoms with Crippen LogP contribution in [0.4, 0.5) is 0 Å². The predicted octanol–water partition coefficient (Wildman–Crippen LogP) is 4.47. The van der Waals surface area contributed by atoms with Crippen molar-refractivity contribution >= 4 is 21.8 Å². The molecule has 0 unspecified atom stereocenters. The number of pyridine rings is 2. The second kappa shape index (κ2) is 5.81. The third-order valence-corrected chi connectivity index (χ3v) is 4.05. The van der Waals surface area contributed by atoms with Crippen molar-refractivity contribution in [2.24, 2.45) is 0 Å². The lowest BCUT2D eigenvalue weighted by atomic mass is 10.1. The summed E-state index contributed by atoms with van der Waals surface area (Å²) in [5, 5.41) is 2.01. The number of methoxy groups -OCH3 is 2. The molecule has 0 aliphatic rings. The van der Waals surface area contributed by atoms with Crippen LogP contribution in [0.2, 0.25) is 0 Å². The van der Waals surface area contributed by atoms with E-state index in [-0.39, 0.29) is 0 Å². The first-order valence-corrected chi connectivity index (χ1v) is 7.68. The van der Waals surface area contributed by atoms with Gasteiger partial charge >= 0.3 is 0 Å². The van der Waals surface area contributed by atoms with Crippen molar-refractivity contribution in [1.82, 2.24) is 9.97 Å². The van der Waals surface area contributed by atoms with Crippen molar-refractivity contribution < 1.29 is 9.47 Å². The van der Waals surface area contributed by atoms with E-state index in [1.165, 1.54) is 0 Å². The molecule has 0 fully saturated rings. The summed E-state index contributed by atoms with van der Waals surface area (Å²) in [4.78, 5) is 9.50. The van der Waals surface area contributed by atoms with E-state index in [0.29, 0.717) is 17.2 Å². The number of aromatic nitrogens is 2. The molecule has 0 radical (unpaired) electrons. The molecule has 0 bridgehead atoms. The number of para-hydroxylation sites is 2. The van der Waals surface area contributed by atoms with Crippen molar-refractivity contribution in [3.05, 3.63) is 60.7 Å². The highest BCUT2D eigenvalue weighted by atomic mass is 16.5. The van der Waals surface area contributed by atoms with Gasteiger partial charge in [0.25, 0.3) is 0 Å². The van der Waals surface area contributed by atoms with Gasteiger partial charge in [-0.25, -0.2) is 9.97 Å². The molecule has 0 amide bonds. The lowest BCUT2D eigenvalue weighted by Crippen LogP contribution is -1.99. The minimum Gasteiger partial charge on any atom is -0.492 e. The number of benzene rings is 2. The van der Waals surface area contributed by atoms with Crippen LogP contribution in [0.15, 0.2) is 60.7 Å². The van der Waals surface area contributed by atoms with Crippen LogP contribution in [0.3, 0.4) is 0 Å². The zero-order valence-corrected chi connectivity index (χ0v) is 13.5. The molecule has 118 valence electrons. The molecule has 0 N–H and O–H groups in total. The first kappa shape index (κ1) is 14.5. The average Bonchev–Trinajstić information content (AvgIpc) is 2.65. The predicted molar refractivity (Wildman–Crippen MR) is 95.6 cm³/mol. The van der Waals surface area contributed by atoms with Crippen LogP contribution < -0.4 is 9.47 Å². The van der Waals surface area contributed by atoms with E-state index in [2.05, 4.69) is 0 Å². The van der Waals surface area contributed by atoms with Crippen LogP contribution in [-0.4, -0.2) is 24.2 Å². The quantitative estimate of drug-likeness (QED) is 0.559. The van der Waals surface area contributed by atoms with Crippen molar-refractivity contribution in [2.75, 3.05) is 14.2 Å². The SMILES string of the molecule is COc1c(-c2ccc3ccccc3n2)nc2ccccc2c1OC. The van der Waals surface area contributed by atoms with Gasteiger partial charge in [-0.1, -0.05) is 36.4 Å². The largest absolute Gasteiger partial charge is 0.492 e. The van der Waals surface area contributed by atoms with Crippen molar-refractivity contribution in [2.45, 2.75) is 0 Å². The van der Waals surface area contributed by atoms with Crippen LogP contribution in [0.25, 0.3) is 33.2 Å². The Kier molecular flexibility index (Phi) is 3.50. The highest BCUT2D eigenvalue weighted by Crippen LogP contribution is 2.41. The first-order valence-electron chi connectivity index (χ1n) is 7.68. The van der Waals surface area contributed by atoms with Gasteiger partial charge in [-0.3, -0.25) is 0 Å². The fourth-order valence-electron chi connectivity index (χ4n) is 2.93. The maximum atomic E-state index is 5.61. The van der Waals surface area contributed by atoms with E-state index in [9.17, 15) is 0 Å². The van der Waals surface area contributed by atoms with Gasteiger partial charge in [-0.05, 0) is 24.3 Å². The summed E-state index contributed by atoms with van der Waals surface area (Å²) in [6.45, 7) is 0. The van der Waals surface area contributed by atoms with Gasteiger partial charge in [0.15, 0.2) is 11.5 Å². The Morgan fingerprint density at radius 3 is 2.17 bits per heavy atom. The van der Waals surface area contributed by atoms with E-state index >= 15 is 0 Å². The van der Waals surface area contributed by atoms with Crippen LogP contribution in [0.1, 0.15) is 0 Å². The van der Waals surface area contributed by atoms with Gasteiger partial charge < -0.3 is 9.47 Å². The average molecular weight is 316 g/mol. The minimum atomic E-state index is 0.596. The fraction of sp³-hybridized carbons (Fsp3) is 0.100. The van der Waals surface area contributed by atoms with Crippen LogP contribution in [0, 0.1) is 0 Å². The van der Waals surface area contributed by atoms with Gasteiger partial charge in [-0.2, -0.15) is 0 Å². The Hall–Kier alpha value is -3.14. The molecular formula is C20H16N2O2. The molecule has 4 heteroatoms. The molecule has 2 heterocycles. The zero-order chi connectivity index (χ0) is 16.5. The van der Waals surface area contributed by atoms with Gasteiger partial charge in [0.1, 0.15) is 5.69 Å². The molecule has 24 heavy (non-hydrogen) atoms. The van der Waals surface area contributed by atoms with E-state index in [1.807, 2.05) is 60.7 Å². The van der Waals surface area contributed by atoms with Crippen molar-refractivity contribution in [1.29, 1.82) is 0 Å². The molecule has 4 aromatic rings. The normalized spacial score (nSPS) is 10.9. The van der Waals surface area contributed by atoms with Gasteiger partial charge in [0.05, 0.1) is 30.9 Å². The first-order chi connectivity index (χ1) is 11.8. The summed E-state index contributed by atoms with van der Waals surface area (Å²) < 4.78 is 11.2. The highest BCUT2D eigenvalue weighted by molar-refractivity contribution is 5.92. The molecule has 4 rings (SSSR count). The maximum Gasteiger partial charge on any atom is 0.189 e. The van der Waals surface area contributed by atoms with E-state index < -0.39 is 0 Å². The van der Waals surface area contributed by atoms with E-state index in [1.54, 1.807) is 14.2 Å². The van der Waals surface area contributed by atoms with Crippen molar-refractivity contribution in [3.63, 3.8) is 0 Å². The highest BCUT2D eigenvalue weighted by Gasteiger charge is 2.18. The molecule has 0 saturated heterocycles. The lowest BCUT2D eigenvalue weighted by Gasteiger charge is -2.14. The van der Waals surface area contributed by atoms with Crippen LogP contribution in [-0.2, 0) is 0 Å². The third-order valence-electron chi connectivity index (χ3n) is 4.05. The van der Waals surface area contributed by atoms with Crippen molar-refractivity contribution in [3.8, 4) is 22.9 Å². The summed E-state index contributed by atoms with van der Waals surface area (Å²) in [5.74, 6) is 1.27. The Balaban J connectivity index is 2.03. The van der Waals surface area contributed by atoms with Gasteiger partial charge in [0.2, 0.25) is 0 Å². The zero-order valence-electron chi connectivity index (χ0n) is 13.5. The number of hydrogen-bond donors (Lipinski definition) is 0. The molecule has 2 aromatic carbocycles. The van der Waals surface area contributed by atoms with Crippen LogP contribution >= 0.6 is 0 Å². The standard InChI is InChI=1S/C20H16N2O2/c1-23-19-14-8-4-6-10-16(14)22-18(20(19)24-2)17-12-11-13-7-3-5-9-15(13)21-17/h3-12H,1-2H3. The summed E-state index contributed by atoms with van der Waals surface area (Å²) in [6, 6.07) is 19.9. The number of fused-ring (bicyclic) bond motifs is 2. The fourth-order valence-corrected chi connectivity index (χ4v) is 2.93. The Bertz CT molecular complexity index is 1040. The van der Waals surface area contributed by atoms with Gasteiger partial charge in [-0.15, -0.1) is 0 Å². The minimum absolute atomic E-state index is 0.596. The number of rotatable bonds is 3. The molecule has 0 atom stereocenters. The molecule has 2 aromatic heterocycles. The molecule has 0 aliphatic heterocycles. The number of ether oxygens (including phenoxy) is 2. The van der Waals surface area contributed by atoms with Crippen LogP contribution in [0.5, 0.6) is 11.5 Å². The maximum absolute atomic E-state index is 5.61. The Labute approximate surface area is 139 Å². The molecule has 4 nitrogen and oxygen atoms in total.